The van der Waals surface area contributed by atoms with E-state index in [-0.39, 0.29) is 6.10 Å². The van der Waals surface area contributed by atoms with Gasteiger partial charge in [0.25, 0.3) is 0 Å². The first-order chi connectivity index (χ1) is 11.1. The monoisotopic (exact) mass is 332 g/mol. The van der Waals surface area contributed by atoms with Crippen LogP contribution in [0.1, 0.15) is 25.0 Å². The molecule has 0 atom stereocenters. The van der Waals surface area contributed by atoms with Gasteiger partial charge >= 0.3 is 0 Å². The summed E-state index contributed by atoms with van der Waals surface area (Å²) in [4.78, 5) is 0. The maximum absolute atomic E-state index is 5.85. The summed E-state index contributed by atoms with van der Waals surface area (Å²) in [5.74, 6) is 1.43. The van der Waals surface area contributed by atoms with E-state index in [0.29, 0.717) is 12.3 Å². The molecule has 122 valence electrons. The van der Waals surface area contributed by atoms with E-state index >= 15 is 0 Å². The van der Waals surface area contributed by atoms with E-state index in [4.69, 9.17) is 21.1 Å². The van der Waals surface area contributed by atoms with Crippen molar-refractivity contribution in [3.8, 4) is 11.5 Å². The van der Waals surface area contributed by atoms with Gasteiger partial charge < -0.3 is 14.9 Å². The average molecular weight is 333 g/mol. The van der Waals surface area contributed by atoms with Gasteiger partial charge in [0.1, 0.15) is 0 Å². The van der Waals surface area contributed by atoms with Gasteiger partial charge in [-0.15, -0.1) is 0 Å². The number of methoxy groups -OCH3 is 1. The van der Waals surface area contributed by atoms with Crippen LogP contribution in [-0.4, -0.2) is 19.4 Å². The fraction of sp³-hybridized carbons (Fsp3) is 0.278. The van der Waals surface area contributed by atoms with Crippen molar-refractivity contribution in [2.24, 2.45) is 5.10 Å². The molecule has 2 aromatic rings. The van der Waals surface area contributed by atoms with E-state index in [1.165, 1.54) is 0 Å². The predicted octanol–water partition coefficient (Wildman–Crippen LogP) is 4.26. The van der Waals surface area contributed by atoms with Crippen molar-refractivity contribution >= 4 is 17.8 Å². The number of ether oxygens (including phenoxy) is 2. The summed E-state index contributed by atoms with van der Waals surface area (Å²) in [6, 6.07) is 13.4. The van der Waals surface area contributed by atoms with E-state index in [1.807, 2.05) is 56.3 Å². The van der Waals surface area contributed by atoms with Crippen LogP contribution >= 0.6 is 11.6 Å². The van der Waals surface area contributed by atoms with Gasteiger partial charge in [0.2, 0.25) is 0 Å². The second kappa shape index (κ2) is 8.44. The zero-order chi connectivity index (χ0) is 16.7. The molecule has 0 saturated carbocycles. The summed E-state index contributed by atoms with van der Waals surface area (Å²) in [5, 5.41) is 4.95. The van der Waals surface area contributed by atoms with Gasteiger partial charge in [-0.2, -0.15) is 5.10 Å². The summed E-state index contributed by atoms with van der Waals surface area (Å²) < 4.78 is 11.0. The third-order valence-corrected chi connectivity index (χ3v) is 3.30. The Balaban J connectivity index is 1.95. The van der Waals surface area contributed by atoms with Crippen LogP contribution in [0.15, 0.2) is 47.6 Å². The molecule has 4 nitrogen and oxygen atoms in total. The van der Waals surface area contributed by atoms with E-state index in [0.717, 1.165) is 21.9 Å². The first-order valence-electron chi connectivity index (χ1n) is 7.43. The Hall–Kier alpha value is -2.20. The van der Waals surface area contributed by atoms with Gasteiger partial charge in [-0.25, -0.2) is 0 Å². The minimum Gasteiger partial charge on any atom is -0.493 e. The normalized spacial score (nSPS) is 11.0. The molecule has 0 aliphatic carbocycles. The van der Waals surface area contributed by atoms with Crippen LogP contribution in [0.25, 0.3) is 0 Å². The van der Waals surface area contributed by atoms with Crippen LogP contribution in [0.5, 0.6) is 11.5 Å². The van der Waals surface area contributed by atoms with Gasteiger partial charge in [0, 0.05) is 5.02 Å². The van der Waals surface area contributed by atoms with Crippen molar-refractivity contribution in [3.63, 3.8) is 0 Å². The van der Waals surface area contributed by atoms with Gasteiger partial charge in [-0.3, -0.25) is 0 Å². The molecule has 0 bridgehead atoms. The van der Waals surface area contributed by atoms with Gasteiger partial charge in [0.15, 0.2) is 11.5 Å². The summed E-state index contributed by atoms with van der Waals surface area (Å²) >= 11 is 5.85. The zero-order valence-corrected chi connectivity index (χ0v) is 14.3. The first kappa shape index (κ1) is 17.2. The highest BCUT2D eigenvalue weighted by molar-refractivity contribution is 6.30. The van der Waals surface area contributed by atoms with E-state index < -0.39 is 0 Å². The van der Waals surface area contributed by atoms with Crippen molar-refractivity contribution in [1.82, 2.24) is 5.43 Å². The minimum absolute atomic E-state index is 0.101. The lowest BCUT2D eigenvalue weighted by atomic mass is 10.2. The fourth-order valence-electron chi connectivity index (χ4n) is 1.98. The van der Waals surface area contributed by atoms with Crippen LogP contribution in [-0.2, 0) is 6.54 Å². The molecule has 0 radical (unpaired) electrons. The van der Waals surface area contributed by atoms with Gasteiger partial charge in [-0.05, 0) is 55.3 Å². The fourth-order valence-corrected chi connectivity index (χ4v) is 2.10. The van der Waals surface area contributed by atoms with Gasteiger partial charge in [-0.1, -0.05) is 23.7 Å². The molecule has 2 aromatic carbocycles. The topological polar surface area (TPSA) is 42.8 Å². The molecule has 0 amide bonds. The number of nitrogens with zero attached hydrogens (tertiary/aromatic N) is 1. The van der Waals surface area contributed by atoms with Gasteiger partial charge in [0.05, 0.1) is 26.0 Å². The maximum atomic E-state index is 5.85. The molecule has 0 spiro atoms. The van der Waals surface area contributed by atoms with E-state index in [2.05, 4.69) is 10.5 Å². The quantitative estimate of drug-likeness (QED) is 0.608. The minimum atomic E-state index is 0.101. The number of hydrogen-bond acceptors (Lipinski definition) is 4. The summed E-state index contributed by atoms with van der Waals surface area (Å²) in [7, 11) is 1.63. The SMILES string of the molecule is COc1cc(/C=N\NCc2ccc(Cl)cc2)ccc1OC(C)C. The van der Waals surface area contributed by atoms with Crippen molar-refractivity contribution in [3.05, 3.63) is 58.6 Å². The highest BCUT2D eigenvalue weighted by Gasteiger charge is 2.06. The second-order valence-electron chi connectivity index (χ2n) is 5.30. The zero-order valence-electron chi connectivity index (χ0n) is 13.5. The number of hydrogen-bond donors (Lipinski definition) is 1. The molecule has 5 heteroatoms. The Morgan fingerprint density at radius 2 is 1.87 bits per heavy atom. The molecule has 0 aliphatic rings. The third kappa shape index (κ3) is 5.49. The molecule has 0 fully saturated rings. The van der Waals surface area contributed by atoms with Crippen LogP contribution in [0, 0.1) is 0 Å². The largest absolute Gasteiger partial charge is 0.493 e. The smallest absolute Gasteiger partial charge is 0.161 e. The van der Waals surface area contributed by atoms with Crippen LogP contribution in [0.4, 0.5) is 0 Å². The first-order valence-corrected chi connectivity index (χ1v) is 7.81. The molecular formula is C18H21ClN2O2. The van der Waals surface area contributed by atoms with E-state index in [9.17, 15) is 0 Å². The number of rotatable bonds is 7. The molecule has 0 heterocycles. The Bertz CT molecular complexity index is 655. The van der Waals surface area contributed by atoms with Crippen LogP contribution in [0.2, 0.25) is 5.02 Å². The molecular weight excluding hydrogens is 312 g/mol. The lowest BCUT2D eigenvalue weighted by Crippen LogP contribution is -2.07. The Labute approximate surface area is 142 Å². The Morgan fingerprint density at radius 1 is 1.13 bits per heavy atom. The summed E-state index contributed by atoms with van der Waals surface area (Å²) in [5.41, 5.74) is 5.06. The molecule has 2 rings (SSSR count). The molecule has 0 saturated heterocycles. The number of nitrogens with one attached hydrogen (secondary N) is 1. The summed E-state index contributed by atoms with van der Waals surface area (Å²) in [6.45, 7) is 4.60. The number of hydrazone groups is 1. The number of benzene rings is 2. The second-order valence-corrected chi connectivity index (χ2v) is 5.73. The highest BCUT2D eigenvalue weighted by Crippen LogP contribution is 2.28. The molecule has 0 unspecified atom stereocenters. The highest BCUT2D eigenvalue weighted by atomic mass is 35.5. The lowest BCUT2D eigenvalue weighted by molar-refractivity contribution is 0.230. The Kier molecular flexibility index (Phi) is 6.29. The predicted molar refractivity (Wildman–Crippen MR) is 94.6 cm³/mol. The van der Waals surface area contributed by atoms with Crippen molar-refractivity contribution in [1.29, 1.82) is 0 Å². The van der Waals surface area contributed by atoms with Crippen LogP contribution < -0.4 is 14.9 Å². The standard InChI is InChI=1S/C18H21ClN2O2/c1-13(2)23-17-9-6-15(10-18(17)22-3)12-21-20-11-14-4-7-16(19)8-5-14/h4-10,12-13,20H,11H2,1-3H3/b21-12-. The van der Waals surface area contributed by atoms with E-state index in [1.54, 1.807) is 13.3 Å². The lowest BCUT2D eigenvalue weighted by Gasteiger charge is -2.13. The number of halogens is 1. The Morgan fingerprint density at radius 3 is 2.52 bits per heavy atom. The molecule has 0 aromatic heterocycles. The maximum Gasteiger partial charge on any atom is 0.161 e. The van der Waals surface area contributed by atoms with Crippen molar-refractivity contribution in [2.45, 2.75) is 26.5 Å². The van der Waals surface area contributed by atoms with Crippen LogP contribution in [0.3, 0.4) is 0 Å². The third-order valence-electron chi connectivity index (χ3n) is 3.05. The molecule has 23 heavy (non-hydrogen) atoms. The molecule has 1 N–H and O–H groups in total. The molecule has 0 aliphatic heterocycles. The van der Waals surface area contributed by atoms with Crippen molar-refractivity contribution in [2.75, 3.05) is 7.11 Å². The average Bonchev–Trinajstić information content (AvgIpc) is 2.54. The summed E-state index contributed by atoms with van der Waals surface area (Å²) in [6.07, 6.45) is 1.85. The van der Waals surface area contributed by atoms with Crippen molar-refractivity contribution < 1.29 is 9.47 Å².